The summed E-state index contributed by atoms with van der Waals surface area (Å²) in [4.78, 5) is 0. The summed E-state index contributed by atoms with van der Waals surface area (Å²) in [6.45, 7) is 6.80. The maximum Gasteiger partial charge on any atom is 0.256 e. The minimum atomic E-state index is 1.000. The highest BCUT2D eigenvalue weighted by Crippen LogP contribution is 2.15. The monoisotopic (exact) mass is 538 g/mol. The Morgan fingerprint density at radius 3 is 1.44 bits per heavy atom. The minimum absolute atomic E-state index is 1.000. The zero-order valence-corrected chi connectivity index (χ0v) is 26.3. The Morgan fingerprint density at radius 1 is 0.513 bits per heavy atom. The summed E-state index contributed by atoms with van der Waals surface area (Å²) in [6.07, 6.45) is 38.5. The number of imidazole rings is 1. The predicted molar refractivity (Wildman–Crippen MR) is 171 cm³/mol. The first kappa shape index (κ1) is 33.6. The molecule has 222 valence electrons. The molecule has 39 heavy (non-hydrogen) atoms. The average Bonchev–Trinajstić information content (AvgIpc) is 3.33. The fraction of sp³-hybridized carbons (Fsp3) is 0.757. The molecule has 0 aliphatic rings. The van der Waals surface area contributed by atoms with Gasteiger partial charge in [0.25, 0.3) is 5.82 Å². The van der Waals surface area contributed by atoms with Crippen molar-refractivity contribution >= 4 is 0 Å². The van der Waals surface area contributed by atoms with Gasteiger partial charge in [-0.2, -0.15) is 0 Å². The second-order valence-electron chi connectivity index (χ2n) is 12.2. The summed E-state index contributed by atoms with van der Waals surface area (Å²) in [5, 5.41) is 0. The fourth-order valence-corrected chi connectivity index (χ4v) is 5.98. The molecule has 2 nitrogen and oxygen atoms in total. The highest BCUT2D eigenvalue weighted by molar-refractivity contribution is 5.15. The number of benzene rings is 1. The molecule has 0 aliphatic carbocycles. The van der Waals surface area contributed by atoms with Gasteiger partial charge in [0.05, 0.1) is 6.54 Å². The van der Waals surface area contributed by atoms with E-state index < -0.39 is 0 Å². The van der Waals surface area contributed by atoms with Crippen molar-refractivity contribution in [1.82, 2.24) is 4.57 Å². The second-order valence-corrected chi connectivity index (χ2v) is 12.2. The van der Waals surface area contributed by atoms with Gasteiger partial charge in [-0.25, -0.2) is 9.13 Å². The maximum absolute atomic E-state index is 2.58. The van der Waals surface area contributed by atoms with E-state index in [0.29, 0.717) is 0 Å². The van der Waals surface area contributed by atoms with Gasteiger partial charge in [0.2, 0.25) is 0 Å². The van der Waals surface area contributed by atoms with E-state index in [1.165, 1.54) is 172 Å². The van der Waals surface area contributed by atoms with Gasteiger partial charge in [-0.05, 0) is 24.8 Å². The number of hydrogen-bond donors (Lipinski definition) is 0. The second kappa shape index (κ2) is 24.2. The quantitative estimate of drug-likeness (QED) is 0.0791. The Hall–Kier alpha value is -1.57. The number of hydrogen-bond acceptors (Lipinski definition) is 0. The summed E-state index contributed by atoms with van der Waals surface area (Å²) >= 11 is 0. The minimum Gasteiger partial charge on any atom is -0.234 e. The van der Waals surface area contributed by atoms with E-state index in [4.69, 9.17) is 0 Å². The number of unbranched alkanes of at least 4 members (excludes halogenated alkanes) is 21. The van der Waals surface area contributed by atoms with Crippen LogP contribution in [0.3, 0.4) is 0 Å². The van der Waals surface area contributed by atoms with Gasteiger partial charge < -0.3 is 0 Å². The molecular weight excluding hydrogens is 472 g/mol. The van der Waals surface area contributed by atoms with Crippen LogP contribution >= 0.6 is 0 Å². The third-order valence-electron chi connectivity index (χ3n) is 8.54. The smallest absolute Gasteiger partial charge is 0.234 e. The molecule has 0 spiro atoms. The van der Waals surface area contributed by atoms with Crippen LogP contribution in [0, 0.1) is 0 Å². The third-order valence-corrected chi connectivity index (χ3v) is 8.54. The summed E-state index contributed by atoms with van der Waals surface area (Å²) in [7, 11) is 0. The van der Waals surface area contributed by atoms with Crippen molar-refractivity contribution in [2.24, 2.45) is 0 Å². The van der Waals surface area contributed by atoms with Gasteiger partial charge in [-0.3, -0.25) is 0 Å². The lowest BCUT2D eigenvalue weighted by Gasteiger charge is -2.07. The van der Waals surface area contributed by atoms with Gasteiger partial charge in [0.1, 0.15) is 18.9 Å². The Kier molecular flexibility index (Phi) is 20.9. The number of aromatic nitrogens is 2. The van der Waals surface area contributed by atoms with E-state index in [2.05, 4.69) is 65.7 Å². The van der Waals surface area contributed by atoms with Crippen LogP contribution < -0.4 is 4.57 Å². The largest absolute Gasteiger partial charge is 0.256 e. The first-order valence-corrected chi connectivity index (χ1v) is 17.5. The molecule has 0 aliphatic heterocycles. The Morgan fingerprint density at radius 2 is 0.949 bits per heavy atom. The maximum atomic E-state index is 2.58. The zero-order valence-electron chi connectivity index (χ0n) is 26.3. The van der Waals surface area contributed by atoms with E-state index in [0.717, 1.165) is 6.54 Å². The molecule has 0 fully saturated rings. The molecular formula is C37H65N2+. The number of nitrogens with zero attached hydrogens (tertiary/aromatic N) is 2. The van der Waals surface area contributed by atoms with E-state index in [1.54, 1.807) is 0 Å². The topological polar surface area (TPSA) is 8.81 Å². The highest BCUT2D eigenvalue weighted by atomic mass is 15.1. The van der Waals surface area contributed by atoms with Crippen molar-refractivity contribution in [3.63, 3.8) is 0 Å². The van der Waals surface area contributed by atoms with Crippen LogP contribution in [-0.4, -0.2) is 4.57 Å². The molecule has 0 atom stereocenters. The Balaban J connectivity index is 1.65. The summed E-state index contributed by atoms with van der Waals surface area (Å²) in [6, 6.07) is 11.0. The van der Waals surface area contributed by atoms with Crippen LogP contribution in [0.4, 0.5) is 0 Å². The molecule has 2 heteroatoms. The van der Waals surface area contributed by atoms with Gasteiger partial charge in [-0.1, -0.05) is 173 Å². The fourth-order valence-electron chi connectivity index (χ4n) is 5.98. The summed E-state index contributed by atoms with van der Waals surface area (Å²) < 4.78 is 5.10. The van der Waals surface area contributed by atoms with Gasteiger partial charge in [0, 0.05) is 6.42 Å². The van der Waals surface area contributed by atoms with Crippen molar-refractivity contribution in [2.75, 3.05) is 0 Å². The lowest BCUT2D eigenvalue weighted by atomic mass is 10.0. The van der Waals surface area contributed by atoms with E-state index in [1.807, 2.05) is 0 Å². The van der Waals surface area contributed by atoms with E-state index >= 15 is 0 Å². The zero-order chi connectivity index (χ0) is 27.6. The molecule has 1 heterocycles. The molecule has 0 radical (unpaired) electrons. The van der Waals surface area contributed by atoms with E-state index in [9.17, 15) is 0 Å². The molecule has 2 aromatic rings. The van der Waals surface area contributed by atoms with Crippen LogP contribution in [-0.2, 0) is 19.5 Å². The lowest BCUT2D eigenvalue weighted by Crippen LogP contribution is -2.37. The molecule has 0 amide bonds. The summed E-state index contributed by atoms with van der Waals surface area (Å²) in [5.74, 6) is 1.54. The van der Waals surface area contributed by atoms with Gasteiger partial charge >= 0.3 is 0 Å². The van der Waals surface area contributed by atoms with E-state index in [-0.39, 0.29) is 0 Å². The predicted octanol–water partition coefficient (Wildman–Crippen LogP) is 11.4. The van der Waals surface area contributed by atoms with Crippen LogP contribution in [0.2, 0.25) is 0 Å². The number of aryl methyl sites for hydroxylation is 1. The SMILES string of the molecule is CCCCCCCCCCCCCCc1n(Cc2ccccc2)cc[n+]1CCCCCCCCCCCCC. The number of rotatable bonds is 27. The molecule has 0 N–H and O–H groups in total. The van der Waals surface area contributed by atoms with Crippen LogP contribution in [0.15, 0.2) is 42.7 Å². The molecule has 0 unspecified atom stereocenters. The first-order valence-electron chi connectivity index (χ1n) is 17.5. The van der Waals surface area contributed by atoms with Gasteiger partial charge in [-0.15, -0.1) is 0 Å². The molecule has 0 saturated carbocycles. The van der Waals surface area contributed by atoms with Crippen molar-refractivity contribution in [3.8, 4) is 0 Å². The average molecular weight is 538 g/mol. The molecule has 1 aromatic carbocycles. The molecule has 0 saturated heterocycles. The lowest BCUT2D eigenvalue weighted by molar-refractivity contribution is -0.704. The Bertz CT molecular complexity index is 778. The van der Waals surface area contributed by atoms with Gasteiger partial charge in [0.15, 0.2) is 0 Å². The third kappa shape index (κ3) is 17.0. The van der Waals surface area contributed by atoms with Crippen LogP contribution in [0.25, 0.3) is 0 Å². The standard InChI is InChI=1S/C37H65N2/c1-3-5-7-9-11-13-15-16-18-20-22-27-31-37-38(33-34-39(37)35-36-29-25-24-26-30-36)32-28-23-21-19-17-14-12-10-8-6-4-2/h24-26,29-30,33-34H,3-23,27-28,31-32,35H2,1-2H3/q+1. The molecule has 2 rings (SSSR count). The van der Waals surface area contributed by atoms with Crippen LogP contribution in [0.5, 0.6) is 0 Å². The van der Waals surface area contributed by atoms with Crippen molar-refractivity contribution < 1.29 is 4.57 Å². The van der Waals surface area contributed by atoms with Crippen LogP contribution in [0.1, 0.15) is 173 Å². The van der Waals surface area contributed by atoms with Crippen molar-refractivity contribution in [1.29, 1.82) is 0 Å². The highest BCUT2D eigenvalue weighted by Gasteiger charge is 2.17. The van der Waals surface area contributed by atoms with Crippen molar-refractivity contribution in [3.05, 3.63) is 54.1 Å². The first-order chi connectivity index (χ1) is 19.3. The molecule has 1 aromatic heterocycles. The summed E-state index contributed by atoms with van der Waals surface area (Å²) in [5.41, 5.74) is 1.41. The molecule has 0 bridgehead atoms. The van der Waals surface area contributed by atoms with Crippen molar-refractivity contribution in [2.45, 2.75) is 181 Å². The normalized spacial score (nSPS) is 11.4. The Labute approximate surface area is 244 Å².